The molecule has 0 unspecified atom stereocenters. The Kier molecular flexibility index (Phi) is 8.67. The summed E-state index contributed by atoms with van der Waals surface area (Å²) in [6.45, 7) is 8.08. The third-order valence-corrected chi connectivity index (χ3v) is 6.25. The van der Waals surface area contributed by atoms with Crippen LogP contribution < -0.4 is 5.32 Å². The predicted molar refractivity (Wildman–Crippen MR) is 113 cm³/mol. The summed E-state index contributed by atoms with van der Waals surface area (Å²) in [5, 5.41) is 2.26. The van der Waals surface area contributed by atoms with Crippen molar-refractivity contribution < 1.29 is 36.7 Å². The van der Waals surface area contributed by atoms with E-state index in [0.717, 1.165) is 0 Å². The number of hydrogen-bond acceptors (Lipinski definition) is 8. The Labute approximate surface area is 188 Å². The van der Waals surface area contributed by atoms with Gasteiger partial charge in [0.15, 0.2) is 0 Å². The van der Waals surface area contributed by atoms with Crippen molar-refractivity contribution in [2.45, 2.75) is 51.2 Å². The van der Waals surface area contributed by atoms with Crippen molar-refractivity contribution in [1.82, 2.24) is 14.5 Å². The summed E-state index contributed by atoms with van der Waals surface area (Å²) < 4.78 is 41.8. The summed E-state index contributed by atoms with van der Waals surface area (Å²) in [7, 11) is -3.92. The van der Waals surface area contributed by atoms with E-state index in [1.807, 2.05) is 0 Å². The van der Waals surface area contributed by atoms with E-state index in [2.05, 4.69) is 5.32 Å². The fourth-order valence-electron chi connectivity index (χ4n) is 2.98. The van der Waals surface area contributed by atoms with Gasteiger partial charge in [-0.15, -0.1) is 0 Å². The van der Waals surface area contributed by atoms with E-state index >= 15 is 0 Å². The zero-order chi connectivity index (χ0) is 23.9. The van der Waals surface area contributed by atoms with Crippen LogP contribution in [0, 0.1) is 0 Å². The van der Waals surface area contributed by atoms with Gasteiger partial charge in [-0.3, -0.25) is 4.79 Å². The van der Waals surface area contributed by atoms with Crippen LogP contribution in [-0.2, 0) is 24.3 Å². The van der Waals surface area contributed by atoms with E-state index in [9.17, 15) is 22.8 Å². The smallest absolute Gasteiger partial charge is 0.407 e. The molecule has 1 N–H and O–H groups in total. The molecule has 1 aromatic heterocycles. The van der Waals surface area contributed by atoms with Crippen LogP contribution in [0.5, 0.6) is 0 Å². The minimum absolute atomic E-state index is 0.111. The maximum absolute atomic E-state index is 12.8. The van der Waals surface area contributed by atoms with Gasteiger partial charge in [-0.25, -0.2) is 18.0 Å². The number of carbonyl (C=O) groups is 3. The highest BCUT2D eigenvalue weighted by atomic mass is 32.2. The topological polar surface area (TPSA) is 135 Å². The molecule has 2 amide bonds. The number of amides is 2. The van der Waals surface area contributed by atoms with E-state index in [0.29, 0.717) is 13.0 Å². The molecule has 32 heavy (non-hydrogen) atoms. The number of esters is 1. The number of carbonyl (C=O) groups excluding carboxylic acids is 3. The molecule has 11 nitrogen and oxygen atoms in total. The standard InChI is InChI=1S/C20H31N3O8S/c1-5-29-18(25)15-8-9-17(30-15)32(27,28)23-13-11-22(12-14-23)16(24)7-6-10-21-19(26)31-20(2,3)4/h8-9H,5-7,10-14H2,1-4H3,(H,21,26). The lowest BCUT2D eigenvalue weighted by Gasteiger charge is -2.33. The Morgan fingerprint density at radius 1 is 1.12 bits per heavy atom. The molecular weight excluding hydrogens is 442 g/mol. The molecule has 180 valence electrons. The van der Waals surface area contributed by atoms with E-state index in [-0.39, 0.29) is 56.0 Å². The van der Waals surface area contributed by atoms with Crippen molar-refractivity contribution in [2.75, 3.05) is 39.3 Å². The lowest BCUT2D eigenvalue weighted by Crippen LogP contribution is -2.50. The monoisotopic (exact) mass is 473 g/mol. The highest BCUT2D eigenvalue weighted by Crippen LogP contribution is 2.21. The zero-order valence-corrected chi connectivity index (χ0v) is 19.7. The number of nitrogens with zero attached hydrogens (tertiary/aromatic N) is 2. The van der Waals surface area contributed by atoms with Crippen LogP contribution in [0.2, 0.25) is 0 Å². The molecule has 1 aromatic rings. The van der Waals surface area contributed by atoms with E-state index in [1.165, 1.54) is 16.4 Å². The molecule has 2 rings (SSSR count). The van der Waals surface area contributed by atoms with E-state index < -0.39 is 27.7 Å². The maximum atomic E-state index is 12.8. The van der Waals surface area contributed by atoms with Gasteiger partial charge in [-0.2, -0.15) is 4.31 Å². The Balaban J connectivity index is 1.79. The molecule has 0 radical (unpaired) electrons. The van der Waals surface area contributed by atoms with E-state index in [4.69, 9.17) is 13.9 Å². The van der Waals surface area contributed by atoms with Crippen LogP contribution in [0.15, 0.2) is 21.6 Å². The van der Waals surface area contributed by atoms with Gasteiger partial charge < -0.3 is 24.1 Å². The first kappa shape index (κ1) is 25.7. The average molecular weight is 474 g/mol. The Morgan fingerprint density at radius 3 is 2.38 bits per heavy atom. The number of furan rings is 1. The second kappa shape index (κ2) is 10.8. The van der Waals surface area contributed by atoms with Gasteiger partial charge in [-0.1, -0.05) is 0 Å². The van der Waals surface area contributed by atoms with E-state index in [1.54, 1.807) is 32.6 Å². The molecule has 1 fully saturated rings. The number of ether oxygens (including phenoxy) is 2. The van der Waals surface area contributed by atoms with Crippen LogP contribution >= 0.6 is 0 Å². The number of hydrogen-bond donors (Lipinski definition) is 1. The molecular formula is C20H31N3O8S. The van der Waals surface area contributed by atoms with Crippen molar-refractivity contribution >= 4 is 28.0 Å². The van der Waals surface area contributed by atoms with Gasteiger partial charge in [0, 0.05) is 39.1 Å². The van der Waals surface area contributed by atoms with Crippen LogP contribution in [0.3, 0.4) is 0 Å². The quantitative estimate of drug-likeness (QED) is 0.444. The Hall–Kier alpha value is -2.60. The van der Waals surface area contributed by atoms with Crippen LogP contribution in [0.4, 0.5) is 4.79 Å². The summed E-state index contributed by atoms with van der Waals surface area (Å²) in [6.07, 6.45) is 0.135. The number of sulfonamides is 1. The summed E-state index contributed by atoms with van der Waals surface area (Å²) in [5.41, 5.74) is -0.587. The second-order valence-electron chi connectivity index (χ2n) is 8.16. The molecule has 0 atom stereocenters. The molecule has 0 saturated carbocycles. The lowest BCUT2D eigenvalue weighted by atomic mass is 10.2. The van der Waals surface area contributed by atoms with Crippen molar-refractivity contribution in [1.29, 1.82) is 0 Å². The third-order valence-electron chi connectivity index (χ3n) is 4.48. The molecule has 0 spiro atoms. The van der Waals surface area contributed by atoms with Gasteiger partial charge >= 0.3 is 12.1 Å². The zero-order valence-electron chi connectivity index (χ0n) is 18.9. The normalized spacial score (nSPS) is 15.3. The van der Waals surface area contributed by atoms with Crippen molar-refractivity contribution in [3.63, 3.8) is 0 Å². The summed E-state index contributed by atoms with van der Waals surface area (Å²) in [4.78, 5) is 37.3. The Bertz CT molecular complexity index is 912. The molecule has 1 saturated heterocycles. The minimum Gasteiger partial charge on any atom is -0.460 e. The number of piperazine rings is 1. The molecule has 12 heteroatoms. The summed E-state index contributed by atoms with van der Waals surface area (Å²) in [6, 6.07) is 2.48. The maximum Gasteiger partial charge on any atom is 0.407 e. The summed E-state index contributed by atoms with van der Waals surface area (Å²) in [5.74, 6) is -1.03. The second-order valence-corrected chi connectivity index (χ2v) is 10.0. The van der Waals surface area contributed by atoms with Crippen molar-refractivity contribution in [3.05, 3.63) is 17.9 Å². The van der Waals surface area contributed by atoms with Gasteiger partial charge in [0.25, 0.3) is 10.0 Å². The SMILES string of the molecule is CCOC(=O)c1ccc(S(=O)(=O)N2CCN(C(=O)CCCNC(=O)OC(C)(C)C)CC2)o1. The lowest BCUT2D eigenvalue weighted by molar-refractivity contribution is -0.132. The van der Waals surface area contributed by atoms with Crippen LogP contribution in [0.1, 0.15) is 51.1 Å². The first-order chi connectivity index (χ1) is 14.9. The van der Waals surface area contributed by atoms with Gasteiger partial charge in [0.2, 0.25) is 16.8 Å². The summed E-state index contributed by atoms with van der Waals surface area (Å²) >= 11 is 0. The fourth-order valence-corrected chi connectivity index (χ4v) is 4.31. The molecule has 2 heterocycles. The number of nitrogens with one attached hydrogen (secondary N) is 1. The average Bonchev–Trinajstić information content (AvgIpc) is 3.21. The van der Waals surface area contributed by atoms with Crippen molar-refractivity contribution in [2.24, 2.45) is 0 Å². The molecule has 0 aliphatic carbocycles. The van der Waals surface area contributed by atoms with Crippen LogP contribution in [-0.4, -0.2) is 80.5 Å². The first-order valence-electron chi connectivity index (χ1n) is 10.5. The molecule has 1 aliphatic rings. The molecule has 1 aliphatic heterocycles. The largest absolute Gasteiger partial charge is 0.460 e. The minimum atomic E-state index is -3.92. The molecule has 0 bridgehead atoms. The van der Waals surface area contributed by atoms with Gasteiger partial charge in [-0.05, 0) is 46.2 Å². The van der Waals surface area contributed by atoms with Gasteiger partial charge in [0.1, 0.15) is 5.60 Å². The number of alkyl carbamates (subject to hydrolysis) is 1. The van der Waals surface area contributed by atoms with Crippen LogP contribution in [0.25, 0.3) is 0 Å². The first-order valence-corrected chi connectivity index (χ1v) is 11.9. The fraction of sp³-hybridized carbons (Fsp3) is 0.650. The van der Waals surface area contributed by atoms with Gasteiger partial charge in [0.05, 0.1) is 6.61 Å². The highest BCUT2D eigenvalue weighted by molar-refractivity contribution is 7.89. The van der Waals surface area contributed by atoms with Crippen molar-refractivity contribution in [3.8, 4) is 0 Å². The number of rotatable bonds is 8. The predicted octanol–water partition coefficient (Wildman–Crippen LogP) is 1.59. The highest BCUT2D eigenvalue weighted by Gasteiger charge is 2.32. The Morgan fingerprint density at radius 2 is 1.78 bits per heavy atom. The third kappa shape index (κ3) is 7.23. The molecule has 0 aromatic carbocycles.